The summed E-state index contributed by atoms with van der Waals surface area (Å²) >= 11 is 1.64. The van der Waals surface area contributed by atoms with Crippen LogP contribution >= 0.6 is 11.3 Å². The standard InChI is InChI=1S/C28H38N4O2SSi/c1-32(2)15-14-23(19-36(3,4)5)27(33)30-18-20-8-10-21(11-9-20)28(34)31-25-17-22(12-13-24(25)29)26-7-6-16-35-26/h6-13,16-17,23H,14-15,18-19,29H2,1-5H3,(H,30,33)(H,31,34). The highest BCUT2D eigenvalue weighted by molar-refractivity contribution is 7.13. The van der Waals surface area contributed by atoms with Crippen LogP contribution in [0.15, 0.2) is 60.0 Å². The molecular weight excluding hydrogens is 484 g/mol. The highest BCUT2D eigenvalue weighted by Gasteiger charge is 2.26. The zero-order valence-corrected chi connectivity index (χ0v) is 23.7. The Morgan fingerprint density at radius 3 is 2.39 bits per heavy atom. The molecule has 1 unspecified atom stereocenters. The highest BCUT2D eigenvalue weighted by atomic mass is 32.1. The van der Waals surface area contributed by atoms with Gasteiger partial charge in [0.15, 0.2) is 0 Å². The maximum Gasteiger partial charge on any atom is 0.255 e. The van der Waals surface area contributed by atoms with Crippen molar-refractivity contribution in [2.75, 3.05) is 31.7 Å². The summed E-state index contributed by atoms with van der Waals surface area (Å²) < 4.78 is 0. The number of carbonyl (C=O) groups is 2. The summed E-state index contributed by atoms with van der Waals surface area (Å²) in [6.45, 7) is 8.25. The fourth-order valence-corrected chi connectivity index (χ4v) is 6.63. The first-order valence-corrected chi connectivity index (χ1v) is 16.9. The SMILES string of the molecule is CN(C)CCC(C[Si](C)(C)C)C(=O)NCc1ccc(C(=O)Nc2cc(-c3cccs3)ccc2N)cc1. The first kappa shape index (κ1) is 27.6. The van der Waals surface area contributed by atoms with Crippen LogP contribution in [0.4, 0.5) is 11.4 Å². The molecule has 4 N–H and O–H groups in total. The van der Waals surface area contributed by atoms with Gasteiger partial charge in [0, 0.05) is 31.0 Å². The van der Waals surface area contributed by atoms with Crippen LogP contribution in [-0.2, 0) is 11.3 Å². The minimum Gasteiger partial charge on any atom is -0.397 e. The van der Waals surface area contributed by atoms with Gasteiger partial charge in [0.2, 0.25) is 5.91 Å². The monoisotopic (exact) mass is 522 g/mol. The first-order valence-electron chi connectivity index (χ1n) is 12.3. The van der Waals surface area contributed by atoms with Gasteiger partial charge in [-0.15, -0.1) is 11.3 Å². The van der Waals surface area contributed by atoms with Crippen molar-refractivity contribution in [1.82, 2.24) is 10.2 Å². The van der Waals surface area contributed by atoms with Crippen molar-refractivity contribution in [2.24, 2.45) is 5.92 Å². The zero-order chi connectivity index (χ0) is 26.3. The van der Waals surface area contributed by atoms with E-state index in [0.29, 0.717) is 23.5 Å². The molecule has 0 fully saturated rings. The van der Waals surface area contributed by atoms with Crippen molar-refractivity contribution in [2.45, 2.75) is 38.7 Å². The number of amides is 2. The van der Waals surface area contributed by atoms with Gasteiger partial charge in [-0.25, -0.2) is 0 Å². The van der Waals surface area contributed by atoms with E-state index in [-0.39, 0.29) is 17.7 Å². The summed E-state index contributed by atoms with van der Waals surface area (Å²) in [6.07, 6.45) is 0.860. The molecular formula is C28H38N4O2SSi. The molecule has 2 aromatic carbocycles. The van der Waals surface area contributed by atoms with Crippen LogP contribution in [-0.4, -0.2) is 45.4 Å². The summed E-state index contributed by atoms with van der Waals surface area (Å²) in [7, 11) is 2.70. The second-order valence-electron chi connectivity index (χ2n) is 10.7. The van der Waals surface area contributed by atoms with Gasteiger partial charge in [-0.2, -0.15) is 0 Å². The van der Waals surface area contributed by atoms with Crippen LogP contribution in [0.1, 0.15) is 22.3 Å². The second kappa shape index (κ2) is 12.3. The van der Waals surface area contributed by atoms with E-state index in [1.807, 2.05) is 61.9 Å². The van der Waals surface area contributed by atoms with Crippen molar-refractivity contribution in [3.63, 3.8) is 0 Å². The van der Waals surface area contributed by atoms with E-state index in [1.165, 1.54) is 0 Å². The van der Waals surface area contributed by atoms with Gasteiger partial charge in [0.25, 0.3) is 5.91 Å². The third kappa shape index (κ3) is 8.32. The molecule has 0 spiro atoms. The van der Waals surface area contributed by atoms with Gasteiger partial charge in [0.05, 0.1) is 11.4 Å². The molecule has 0 radical (unpaired) electrons. The normalized spacial score (nSPS) is 12.4. The summed E-state index contributed by atoms with van der Waals surface area (Å²) in [5.74, 6) is -0.0822. The van der Waals surface area contributed by atoms with Crippen molar-refractivity contribution < 1.29 is 9.59 Å². The Labute approximate surface area is 219 Å². The Kier molecular flexibility index (Phi) is 9.47. The third-order valence-corrected chi connectivity index (χ3v) is 8.58. The van der Waals surface area contributed by atoms with Gasteiger partial charge >= 0.3 is 0 Å². The van der Waals surface area contributed by atoms with Crippen LogP contribution in [0.3, 0.4) is 0 Å². The molecule has 0 aliphatic heterocycles. The molecule has 0 saturated heterocycles. The molecule has 1 heterocycles. The fraction of sp³-hybridized carbons (Fsp3) is 0.357. The van der Waals surface area contributed by atoms with Gasteiger partial charge in [-0.05, 0) is 79.9 Å². The molecule has 3 aromatic rings. The Hall–Kier alpha value is -2.94. The molecule has 6 nitrogen and oxygen atoms in total. The maximum absolute atomic E-state index is 12.9. The molecule has 3 rings (SSSR count). The molecule has 1 atom stereocenters. The number of carbonyl (C=O) groups excluding carboxylic acids is 2. The number of hydrogen-bond donors (Lipinski definition) is 3. The van der Waals surface area contributed by atoms with Crippen molar-refractivity contribution in [1.29, 1.82) is 0 Å². The van der Waals surface area contributed by atoms with E-state index in [1.54, 1.807) is 23.5 Å². The second-order valence-corrected chi connectivity index (χ2v) is 17.2. The van der Waals surface area contributed by atoms with Crippen LogP contribution in [0.2, 0.25) is 25.7 Å². The topological polar surface area (TPSA) is 87.5 Å². The first-order chi connectivity index (χ1) is 17.0. The van der Waals surface area contributed by atoms with Gasteiger partial charge in [0.1, 0.15) is 0 Å². The predicted molar refractivity (Wildman–Crippen MR) is 155 cm³/mol. The van der Waals surface area contributed by atoms with Crippen molar-refractivity contribution >= 4 is 42.6 Å². The van der Waals surface area contributed by atoms with Crippen LogP contribution < -0.4 is 16.4 Å². The molecule has 0 aliphatic rings. The molecule has 0 bridgehead atoms. The summed E-state index contributed by atoms with van der Waals surface area (Å²) in [5.41, 5.74) is 9.73. The van der Waals surface area contributed by atoms with E-state index in [4.69, 9.17) is 5.73 Å². The number of rotatable bonds is 11. The number of benzene rings is 2. The van der Waals surface area contributed by atoms with Gasteiger partial charge < -0.3 is 21.3 Å². The van der Waals surface area contributed by atoms with E-state index in [0.717, 1.165) is 35.0 Å². The Bertz CT molecular complexity index is 1160. The molecule has 192 valence electrons. The van der Waals surface area contributed by atoms with Crippen LogP contribution in [0.25, 0.3) is 10.4 Å². The number of nitrogens with one attached hydrogen (secondary N) is 2. The maximum atomic E-state index is 12.9. The lowest BCUT2D eigenvalue weighted by molar-refractivity contribution is -0.124. The Morgan fingerprint density at radius 1 is 1.06 bits per heavy atom. The van der Waals surface area contributed by atoms with E-state index in [2.05, 4.69) is 35.2 Å². The summed E-state index contributed by atoms with van der Waals surface area (Å²) in [6, 6.07) is 18.0. The Morgan fingerprint density at radius 2 is 1.78 bits per heavy atom. The van der Waals surface area contributed by atoms with Gasteiger partial charge in [-0.1, -0.05) is 43.9 Å². The largest absolute Gasteiger partial charge is 0.397 e. The molecule has 0 saturated carbocycles. The lowest BCUT2D eigenvalue weighted by Gasteiger charge is -2.25. The zero-order valence-electron chi connectivity index (χ0n) is 21.9. The third-order valence-electron chi connectivity index (χ3n) is 5.94. The number of thiophene rings is 1. The Balaban J connectivity index is 1.60. The molecule has 2 amide bonds. The molecule has 0 aliphatic carbocycles. The minimum atomic E-state index is -1.37. The number of nitrogens with zero attached hydrogens (tertiary/aromatic N) is 1. The van der Waals surface area contributed by atoms with E-state index in [9.17, 15) is 9.59 Å². The van der Waals surface area contributed by atoms with E-state index >= 15 is 0 Å². The summed E-state index contributed by atoms with van der Waals surface area (Å²) in [5, 5.41) is 8.06. The lowest BCUT2D eigenvalue weighted by Crippen LogP contribution is -2.36. The number of nitrogens with two attached hydrogens (primary N) is 1. The van der Waals surface area contributed by atoms with Crippen molar-refractivity contribution in [3.05, 3.63) is 71.1 Å². The lowest BCUT2D eigenvalue weighted by atomic mass is 10.1. The van der Waals surface area contributed by atoms with Gasteiger partial charge in [-0.3, -0.25) is 9.59 Å². The number of hydrogen-bond acceptors (Lipinski definition) is 5. The average Bonchev–Trinajstić information content (AvgIpc) is 3.36. The van der Waals surface area contributed by atoms with Crippen LogP contribution in [0, 0.1) is 5.92 Å². The predicted octanol–water partition coefficient (Wildman–Crippen LogP) is 5.77. The minimum absolute atomic E-state index is 0.0273. The average molecular weight is 523 g/mol. The smallest absolute Gasteiger partial charge is 0.255 e. The quantitative estimate of drug-likeness (QED) is 0.220. The number of nitrogen functional groups attached to an aromatic ring is 1. The molecule has 36 heavy (non-hydrogen) atoms. The molecule has 8 heteroatoms. The fourth-order valence-electron chi connectivity index (χ4n) is 4.04. The van der Waals surface area contributed by atoms with Crippen molar-refractivity contribution in [3.8, 4) is 10.4 Å². The molecule has 1 aromatic heterocycles. The summed E-state index contributed by atoms with van der Waals surface area (Å²) in [4.78, 5) is 29.0. The van der Waals surface area contributed by atoms with E-state index < -0.39 is 8.07 Å². The number of anilines is 2. The van der Waals surface area contributed by atoms with Crippen LogP contribution in [0.5, 0.6) is 0 Å². The highest BCUT2D eigenvalue weighted by Crippen LogP contribution is 2.30.